The number of pyridine rings is 1. The van der Waals surface area contributed by atoms with Crippen LogP contribution < -0.4 is 15.5 Å². The number of benzene rings is 1. The fraction of sp³-hybridized carbons (Fsp3) is 0.400. The van der Waals surface area contributed by atoms with Crippen LogP contribution in [0.4, 0.5) is 22.1 Å². The zero-order valence-electron chi connectivity index (χ0n) is 24.2. The Morgan fingerprint density at radius 2 is 1.51 bits per heavy atom. The van der Waals surface area contributed by atoms with Gasteiger partial charge in [-0.1, -0.05) is 17.7 Å². The minimum absolute atomic E-state index is 0.129. The third kappa shape index (κ3) is 8.23. The molecule has 1 saturated heterocycles. The van der Waals surface area contributed by atoms with Gasteiger partial charge < -0.3 is 25.2 Å². The van der Waals surface area contributed by atoms with Gasteiger partial charge in [0.25, 0.3) is 11.8 Å². The molecule has 0 radical (unpaired) electrons. The van der Waals surface area contributed by atoms with E-state index in [-0.39, 0.29) is 17.7 Å². The summed E-state index contributed by atoms with van der Waals surface area (Å²) < 4.78 is 5.51. The van der Waals surface area contributed by atoms with E-state index in [9.17, 15) is 14.4 Å². The van der Waals surface area contributed by atoms with E-state index in [0.717, 1.165) is 24.0 Å². The Morgan fingerprint density at radius 3 is 2.12 bits per heavy atom. The number of ether oxygens (including phenoxy) is 1. The molecule has 0 bridgehead atoms. The van der Waals surface area contributed by atoms with Gasteiger partial charge in [0.15, 0.2) is 0 Å². The molecule has 4 rings (SSSR count). The van der Waals surface area contributed by atoms with Gasteiger partial charge in [-0.15, -0.1) is 0 Å². The van der Waals surface area contributed by atoms with Crippen molar-refractivity contribution in [2.24, 2.45) is 0 Å². The van der Waals surface area contributed by atoms with Crippen molar-refractivity contribution in [1.82, 2.24) is 19.9 Å². The number of rotatable bonds is 5. The first-order valence-electron chi connectivity index (χ1n) is 13.7. The van der Waals surface area contributed by atoms with Crippen LogP contribution in [-0.2, 0) is 4.74 Å². The minimum Gasteiger partial charge on any atom is -0.444 e. The zero-order chi connectivity index (χ0) is 29.6. The van der Waals surface area contributed by atoms with E-state index in [1.165, 1.54) is 6.20 Å². The lowest BCUT2D eigenvalue weighted by Crippen LogP contribution is -2.42. The summed E-state index contributed by atoms with van der Waals surface area (Å²) in [5.74, 6) is 0.219. The SMILES string of the molecule is Cc1ccc(NC(=O)c2cc(C)ccc2NC(=O)c2cnc(N3CCCN(C(=O)OC(C)(C)C)CCC3)cn2)nc1. The highest BCUT2D eigenvalue weighted by atomic mass is 16.6. The van der Waals surface area contributed by atoms with Gasteiger partial charge in [0.2, 0.25) is 0 Å². The molecule has 0 unspecified atom stereocenters. The molecule has 0 spiro atoms. The summed E-state index contributed by atoms with van der Waals surface area (Å²) in [4.78, 5) is 55.4. The molecule has 3 aromatic rings. The van der Waals surface area contributed by atoms with Crippen LogP contribution in [0.25, 0.3) is 0 Å². The lowest BCUT2D eigenvalue weighted by atomic mass is 10.1. The number of anilines is 3. The summed E-state index contributed by atoms with van der Waals surface area (Å²) in [6.07, 6.45) is 5.89. The number of carbonyl (C=O) groups is 3. The summed E-state index contributed by atoms with van der Waals surface area (Å²) >= 11 is 0. The van der Waals surface area contributed by atoms with Crippen LogP contribution in [0.1, 0.15) is 65.6 Å². The van der Waals surface area contributed by atoms with Crippen molar-refractivity contribution in [1.29, 1.82) is 0 Å². The number of carbonyl (C=O) groups excluding carboxylic acids is 3. The van der Waals surface area contributed by atoms with E-state index >= 15 is 0 Å². The molecule has 3 amide bonds. The van der Waals surface area contributed by atoms with Crippen molar-refractivity contribution in [3.05, 3.63) is 71.3 Å². The van der Waals surface area contributed by atoms with Crippen LogP contribution in [0.15, 0.2) is 48.9 Å². The van der Waals surface area contributed by atoms with Crippen molar-refractivity contribution < 1.29 is 19.1 Å². The van der Waals surface area contributed by atoms with Crippen LogP contribution in [0.5, 0.6) is 0 Å². The molecule has 2 N–H and O–H groups in total. The predicted molar refractivity (Wildman–Crippen MR) is 157 cm³/mol. The maximum absolute atomic E-state index is 13.0. The average molecular weight is 560 g/mol. The summed E-state index contributed by atoms with van der Waals surface area (Å²) in [6.45, 7) is 11.9. The molecule has 1 aliphatic heterocycles. The van der Waals surface area contributed by atoms with Gasteiger partial charge in [-0.25, -0.2) is 19.7 Å². The van der Waals surface area contributed by atoms with Crippen molar-refractivity contribution in [3.63, 3.8) is 0 Å². The van der Waals surface area contributed by atoms with Gasteiger partial charge in [0, 0.05) is 32.4 Å². The van der Waals surface area contributed by atoms with Gasteiger partial charge >= 0.3 is 6.09 Å². The smallest absolute Gasteiger partial charge is 0.410 e. The predicted octanol–water partition coefficient (Wildman–Crippen LogP) is 4.83. The monoisotopic (exact) mass is 559 g/mol. The fourth-order valence-corrected chi connectivity index (χ4v) is 4.34. The molecule has 2 aromatic heterocycles. The van der Waals surface area contributed by atoms with Crippen LogP contribution in [-0.4, -0.2) is 69.5 Å². The lowest BCUT2D eigenvalue weighted by molar-refractivity contribution is 0.0242. The molecule has 0 atom stereocenters. The van der Waals surface area contributed by atoms with E-state index in [4.69, 9.17) is 4.74 Å². The number of hydrogen-bond acceptors (Lipinski definition) is 8. The van der Waals surface area contributed by atoms with Crippen LogP contribution in [0, 0.1) is 13.8 Å². The van der Waals surface area contributed by atoms with Gasteiger partial charge in [0.1, 0.15) is 22.9 Å². The minimum atomic E-state index is -0.526. The highest BCUT2D eigenvalue weighted by molar-refractivity contribution is 6.12. The first-order chi connectivity index (χ1) is 19.5. The second-order valence-electron chi connectivity index (χ2n) is 11.1. The molecule has 3 heterocycles. The van der Waals surface area contributed by atoms with Gasteiger partial charge in [-0.2, -0.15) is 0 Å². The Labute approximate surface area is 240 Å². The van der Waals surface area contributed by atoms with Crippen molar-refractivity contribution >= 4 is 35.2 Å². The second kappa shape index (κ2) is 12.8. The largest absolute Gasteiger partial charge is 0.444 e. The second-order valence-corrected chi connectivity index (χ2v) is 11.1. The van der Waals surface area contributed by atoms with Crippen molar-refractivity contribution in [2.45, 2.75) is 53.1 Å². The number of nitrogens with zero attached hydrogens (tertiary/aromatic N) is 5. The third-order valence-electron chi connectivity index (χ3n) is 6.38. The van der Waals surface area contributed by atoms with Crippen LogP contribution >= 0.6 is 0 Å². The highest BCUT2D eigenvalue weighted by Gasteiger charge is 2.24. The number of aromatic nitrogens is 3. The van der Waals surface area contributed by atoms with E-state index in [2.05, 4.69) is 30.5 Å². The Kier molecular flexibility index (Phi) is 9.16. The normalized spacial score (nSPS) is 14.1. The topological polar surface area (TPSA) is 130 Å². The van der Waals surface area contributed by atoms with Gasteiger partial charge in [0.05, 0.1) is 23.6 Å². The lowest BCUT2D eigenvalue weighted by Gasteiger charge is -2.32. The molecule has 0 aliphatic carbocycles. The first-order valence-corrected chi connectivity index (χ1v) is 13.7. The van der Waals surface area contributed by atoms with Crippen LogP contribution in [0.3, 0.4) is 0 Å². The standard InChI is InChI=1S/C30H37N7O4/c1-20-8-10-23(22(16-20)27(38)35-25-11-9-21(2)17-32-25)34-28(39)24-18-33-26(19-31-24)36-12-6-14-37(15-7-13-36)29(40)41-30(3,4)5/h8-11,16-19H,6-7,12-15H2,1-5H3,(H,34,39)(H,32,35,38). The van der Waals surface area contributed by atoms with Gasteiger partial charge in [-0.3, -0.25) is 9.59 Å². The number of aryl methyl sites for hydroxylation is 2. The highest BCUT2D eigenvalue weighted by Crippen LogP contribution is 2.21. The molecular weight excluding hydrogens is 522 g/mol. The van der Waals surface area contributed by atoms with Gasteiger partial charge in [-0.05, 0) is 71.2 Å². The molecule has 11 nitrogen and oxygen atoms in total. The van der Waals surface area contributed by atoms with E-state index < -0.39 is 11.5 Å². The number of hydrogen-bond donors (Lipinski definition) is 2. The molecular formula is C30H37N7O4. The van der Waals surface area contributed by atoms with E-state index in [1.807, 2.05) is 46.8 Å². The summed E-state index contributed by atoms with van der Waals surface area (Å²) in [5.41, 5.74) is 2.12. The molecule has 216 valence electrons. The summed E-state index contributed by atoms with van der Waals surface area (Å²) in [5, 5.41) is 5.57. The molecule has 41 heavy (non-hydrogen) atoms. The Morgan fingerprint density at radius 1 is 0.805 bits per heavy atom. The average Bonchev–Trinajstić information content (AvgIpc) is 2.90. The summed E-state index contributed by atoms with van der Waals surface area (Å²) in [6, 6.07) is 8.79. The summed E-state index contributed by atoms with van der Waals surface area (Å²) in [7, 11) is 0. The zero-order valence-corrected chi connectivity index (χ0v) is 24.2. The van der Waals surface area contributed by atoms with Crippen molar-refractivity contribution in [3.8, 4) is 0 Å². The Bertz CT molecular complexity index is 1380. The molecule has 1 aromatic carbocycles. The van der Waals surface area contributed by atoms with E-state index in [0.29, 0.717) is 49.1 Å². The third-order valence-corrected chi connectivity index (χ3v) is 6.38. The molecule has 1 aliphatic rings. The molecule has 0 saturated carbocycles. The Hall–Kier alpha value is -4.54. The van der Waals surface area contributed by atoms with Crippen molar-refractivity contribution in [2.75, 3.05) is 41.7 Å². The van der Waals surface area contributed by atoms with Crippen LogP contribution in [0.2, 0.25) is 0 Å². The number of amides is 3. The van der Waals surface area contributed by atoms with E-state index in [1.54, 1.807) is 35.5 Å². The molecule has 1 fully saturated rings. The molecule has 11 heteroatoms. The maximum Gasteiger partial charge on any atom is 0.410 e. The number of nitrogens with one attached hydrogen (secondary N) is 2. The fourth-order valence-electron chi connectivity index (χ4n) is 4.34. The first kappa shape index (κ1) is 29.4. The quantitative estimate of drug-likeness (QED) is 0.455. The maximum atomic E-state index is 13.0. The Balaban J connectivity index is 1.38.